The minimum absolute atomic E-state index is 0.0696. The zero-order chi connectivity index (χ0) is 11.3. The van der Waals surface area contributed by atoms with Crippen LogP contribution in [0.4, 0.5) is 4.39 Å². The fourth-order valence-electron chi connectivity index (χ4n) is 0.913. The average molecular weight is 214 g/mol. The third-order valence-corrected chi connectivity index (χ3v) is 1.68. The molecule has 1 unspecified atom stereocenters. The van der Waals surface area contributed by atoms with Crippen molar-refractivity contribution >= 4 is 5.91 Å². The number of amides is 1. The maximum absolute atomic E-state index is 12.7. The molecule has 0 saturated heterocycles. The second kappa shape index (κ2) is 5.38. The maximum atomic E-state index is 12.7. The molecule has 0 aromatic carbocycles. The van der Waals surface area contributed by atoms with Crippen LogP contribution < -0.4 is 5.32 Å². The molecule has 0 spiro atoms. The van der Waals surface area contributed by atoms with Gasteiger partial charge in [-0.1, -0.05) is 0 Å². The number of carbonyl (C=O) groups is 1. The summed E-state index contributed by atoms with van der Waals surface area (Å²) < 4.78 is 12.7. The quantitative estimate of drug-likeness (QED) is 0.619. The van der Waals surface area contributed by atoms with Gasteiger partial charge in [0, 0.05) is 12.7 Å². The molecule has 0 aliphatic carbocycles. The summed E-state index contributed by atoms with van der Waals surface area (Å²) in [7, 11) is 0. The topological polar surface area (TPSA) is 82.5 Å². The van der Waals surface area contributed by atoms with Crippen LogP contribution in [0.25, 0.3) is 0 Å². The molecule has 0 fully saturated rings. The number of hydrogen-bond acceptors (Lipinski definition) is 4. The lowest BCUT2D eigenvalue weighted by Gasteiger charge is -2.08. The van der Waals surface area contributed by atoms with Crippen molar-refractivity contribution in [2.75, 3.05) is 13.2 Å². The molecule has 0 saturated carbocycles. The van der Waals surface area contributed by atoms with Gasteiger partial charge in [0.25, 0.3) is 5.91 Å². The highest BCUT2D eigenvalue weighted by molar-refractivity contribution is 5.93. The number of aliphatic hydroxyl groups excluding tert-OH is 2. The highest BCUT2D eigenvalue weighted by Crippen LogP contribution is 2.00. The first kappa shape index (κ1) is 11.5. The molecule has 1 rings (SSSR count). The van der Waals surface area contributed by atoms with Gasteiger partial charge in [-0.3, -0.25) is 9.78 Å². The van der Waals surface area contributed by atoms with Crippen molar-refractivity contribution in [3.05, 3.63) is 29.8 Å². The summed E-state index contributed by atoms with van der Waals surface area (Å²) in [6.07, 6.45) is 1.18. The van der Waals surface area contributed by atoms with Gasteiger partial charge in [0.15, 0.2) is 0 Å². The summed E-state index contributed by atoms with van der Waals surface area (Å²) in [5.74, 6) is -1.15. The number of aromatic nitrogens is 1. The smallest absolute Gasteiger partial charge is 0.253 e. The van der Waals surface area contributed by atoms with E-state index in [1.807, 2.05) is 0 Å². The predicted octanol–water partition coefficient (Wildman–Crippen LogP) is -0.696. The summed E-state index contributed by atoms with van der Waals surface area (Å²) in [6, 6.07) is 1.04. The molecule has 1 aromatic heterocycles. The first-order valence-corrected chi connectivity index (χ1v) is 4.31. The van der Waals surface area contributed by atoms with Crippen molar-refractivity contribution in [2.24, 2.45) is 0 Å². The van der Waals surface area contributed by atoms with E-state index in [2.05, 4.69) is 10.3 Å². The predicted molar refractivity (Wildman–Crippen MR) is 49.6 cm³/mol. The van der Waals surface area contributed by atoms with Crippen LogP contribution in [0.1, 0.15) is 10.4 Å². The number of carbonyl (C=O) groups excluding carboxylic acids is 1. The van der Waals surface area contributed by atoms with Crippen LogP contribution in [0.15, 0.2) is 18.5 Å². The number of nitrogens with one attached hydrogen (secondary N) is 1. The Morgan fingerprint density at radius 3 is 2.93 bits per heavy atom. The molecular formula is C9H11FN2O3. The van der Waals surface area contributed by atoms with Crippen LogP contribution >= 0.6 is 0 Å². The van der Waals surface area contributed by atoms with Crippen LogP contribution in [0.2, 0.25) is 0 Å². The lowest BCUT2D eigenvalue weighted by Crippen LogP contribution is -2.33. The Labute approximate surface area is 85.6 Å². The van der Waals surface area contributed by atoms with Crippen molar-refractivity contribution in [1.29, 1.82) is 0 Å². The van der Waals surface area contributed by atoms with Gasteiger partial charge in [-0.25, -0.2) is 4.39 Å². The number of hydrogen-bond donors (Lipinski definition) is 3. The van der Waals surface area contributed by atoms with E-state index in [-0.39, 0.29) is 12.1 Å². The van der Waals surface area contributed by atoms with Crippen molar-refractivity contribution in [1.82, 2.24) is 10.3 Å². The lowest BCUT2D eigenvalue weighted by atomic mass is 10.2. The zero-order valence-corrected chi connectivity index (χ0v) is 7.85. The van der Waals surface area contributed by atoms with Gasteiger partial charge in [-0.2, -0.15) is 0 Å². The average Bonchev–Trinajstić information content (AvgIpc) is 2.25. The van der Waals surface area contributed by atoms with E-state index in [1.165, 1.54) is 6.20 Å². The van der Waals surface area contributed by atoms with E-state index < -0.39 is 24.4 Å². The lowest BCUT2D eigenvalue weighted by molar-refractivity contribution is 0.0801. The van der Waals surface area contributed by atoms with E-state index in [1.54, 1.807) is 0 Å². The van der Waals surface area contributed by atoms with Gasteiger partial charge < -0.3 is 15.5 Å². The Bertz CT molecular complexity index is 346. The van der Waals surface area contributed by atoms with Crippen LogP contribution in [0, 0.1) is 5.82 Å². The van der Waals surface area contributed by atoms with E-state index in [0.717, 1.165) is 12.3 Å². The molecule has 0 bridgehead atoms. The summed E-state index contributed by atoms with van der Waals surface area (Å²) >= 11 is 0. The molecular weight excluding hydrogens is 203 g/mol. The summed E-state index contributed by atoms with van der Waals surface area (Å²) in [4.78, 5) is 14.8. The van der Waals surface area contributed by atoms with Gasteiger partial charge in [-0.05, 0) is 6.07 Å². The molecule has 0 aliphatic heterocycles. The van der Waals surface area contributed by atoms with E-state index in [4.69, 9.17) is 10.2 Å². The first-order chi connectivity index (χ1) is 7.13. The number of aliphatic hydroxyl groups is 2. The highest BCUT2D eigenvalue weighted by Gasteiger charge is 2.08. The Morgan fingerprint density at radius 1 is 1.60 bits per heavy atom. The number of nitrogens with zero attached hydrogens (tertiary/aromatic N) is 1. The van der Waals surface area contributed by atoms with E-state index >= 15 is 0 Å². The molecule has 0 aliphatic rings. The fraction of sp³-hybridized carbons (Fsp3) is 0.333. The molecule has 3 N–H and O–H groups in total. The molecule has 0 radical (unpaired) electrons. The van der Waals surface area contributed by atoms with E-state index in [0.29, 0.717) is 0 Å². The number of pyridine rings is 1. The van der Waals surface area contributed by atoms with Crippen molar-refractivity contribution in [2.45, 2.75) is 6.10 Å². The SMILES string of the molecule is O=C(NCC(O)CO)c1cncc(F)c1. The monoisotopic (exact) mass is 214 g/mol. The third-order valence-electron chi connectivity index (χ3n) is 1.68. The Morgan fingerprint density at radius 2 is 2.33 bits per heavy atom. The van der Waals surface area contributed by atoms with Crippen LogP contribution in [0.3, 0.4) is 0 Å². The molecule has 6 heteroatoms. The second-order valence-corrected chi connectivity index (χ2v) is 2.94. The van der Waals surface area contributed by atoms with Crippen LogP contribution in [-0.2, 0) is 0 Å². The summed E-state index contributed by atoms with van der Waals surface area (Å²) in [5, 5.41) is 19.8. The number of halogens is 1. The Hall–Kier alpha value is -1.53. The fourth-order valence-corrected chi connectivity index (χ4v) is 0.913. The molecule has 1 atom stereocenters. The Balaban J connectivity index is 2.54. The molecule has 1 aromatic rings. The van der Waals surface area contributed by atoms with Gasteiger partial charge in [0.2, 0.25) is 0 Å². The molecule has 1 heterocycles. The third kappa shape index (κ3) is 3.61. The molecule has 15 heavy (non-hydrogen) atoms. The van der Waals surface area contributed by atoms with E-state index in [9.17, 15) is 9.18 Å². The zero-order valence-electron chi connectivity index (χ0n) is 7.85. The highest BCUT2D eigenvalue weighted by atomic mass is 19.1. The summed E-state index contributed by atoms with van der Waals surface area (Å²) in [6.45, 7) is -0.534. The minimum Gasteiger partial charge on any atom is -0.394 e. The summed E-state index contributed by atoms with van der Waals surface area (Å²) in [5.41, 5.74) is 0.0696. The van der Waals surface area contributed by atoms with Gasteiger partial charge >= 0.3 is 0 Å². The molecule has 5 nitrogen and oxygen atoms in total. The van der Waals surface area contributed by atoms with Crippen molar-refractivity contribution in [3.63, 3.8) is 0 Å². The van der Waals surface area contributed by atoms with Crippen LogP contribution in [-0.4, -0.2) is 40.4 Å². The molecule has 1 amide bonds. The van der Waals surface area contributed by atoms with Gasteiger partial charge in [-0.15, -0.1) is 0 Å². The largest absolute Gasteiger partial charge is 0.394 e. The van der Waals surface area contributed by atoms with Gasteiger partial charge in [0.05, 0.1) is 24.5 Å². The normalized spacial score (nSPS) is 12.2. The first-order valence-electron chi connectivity index (χ1n) is 4.31. The van der Waals surface area contributed by atoms with Crippen molar-refractivity contribution in [3.8, 4) is 0 Å². The maximum Gasteiger partial charge on any atom is 0.253 e. The molecule has 82 valence electrons. The number of rotatable bonds is 4. The minimum atomic E-state index is -1.02. The second-order valence-electron chi connectivity index (χ2n) is 2.94. The van der Waals surface area contributed by atoms with Crippen LogP contribution in [0.5, 0.6) is 0 Å². The van der Waals surface area contributed by atoms with Crippen molar-refractivity contribution < 1.29 is 19.4 Å². The standard InChI is InChI=1S/C9H11FN2O3/c10-7-1-6(2-11-3-7)9(15)12-4-8(14)5-13/h1-3,8,13-14H,4-5H2,(H,12,15). The van der Waals surface area contributed by atoms with Gasteiger partial charge in [0.1, 0.15) is 5.82 Å². The Kier molecular flexibility index (Phi) is 4.14.